The second-order valence-electron chi connectivity index (χ2n) is 3.90. The summed E-state index contributed by atoms with van der Waals surface area (Å²) < 4.78 is 36.3. The number of benzene rings is 1. The molecule has 0 spiro atoms. The standard InChI is InChI=1S/C13H10F3NO/c1-8-9(6-7-12(18)13(14,15)16)10-4-2-3-5-11(10)17-8/h2-7,17H,1H3. The number of para-hydroxylation sites is 1. The quantitative estimate of drug-likeness (QED) is 0.814. The molecule has 0 bridgehead atoms. The maximum absolute atomic E-state index is 12.1. The molecule has 1 aromatic carbocycles. The lowest BCUT2D eigenvalue weighted by atomic mass is 10.1. The van der Waals surface area contributed by atoms with Crippen molar-refractivity contribution in [1.82, 2.24) is 4.98 Å². The Morgan fingerprint density at radius 2 is 1.94 bits per heavy atom. The van der Waals surface area contributed by atoms with Gasteiger partial charge in [0, 0.05) is 22.2 Å². The van der Waals surface area contributed by atoms with E-state index in [2.05, 4.69) is 4.98 Å². The third-order valence-corrected chi connectivity index (χ3v) is 2.62. The second-order valence-corrected chi connectivity index (χ2v) is 3.90. The molecule has 2 nitrogen and oxygen atoms in total. The van der Waals surface area contributed by atoms with Crippen LogP contribution in [0, 0.1) is 6.92 Å². The summed E-state index contributed by atoms with van der Waals surface area (Å²) in [5.74, 6) is -1.85. The summed E-state index contributed by atoms with van der Waals surface area (Å²) in [5, 5.41) is 0.793. The zero-order valence-corrected chi connectivity index (χ0v) is 9.51. The molecule has 0 atom stereocenters. The summed E-state index contributed by atoms with van der Waals surface area (Å²) >= 11 is 0. The fraction of sp³-hybridized carbons (Fsp3) is 0.154. The molecule has 0 saturated heterocycles. The molecule has 94 valence electrons. The number of hydrogen-bond acceptors (Lipinski definition) is 1. The van der Waals surface area contributed by atoms with Gasteiger partial charge >= 0.3 is 6.18 Å². The van der Waals surface area contributed by atoms with Crippen LogP contribution in [0.3, 0.4) is 0 Å². The van der Waals surface area contributed by atoms with E-state index < -0.39 is 12.0 Å². The highest BCUT2D eigenvalue weighted by Crippen LogP contribution is 2.24. The number of alkyl halides is 3. The number of allylic oxidation sites excluding steroid dienone is 1. The minimum Gasteiger partial charge on any atom is -0.358 e. The largest absolute Gasteiger partial charge is 0.454 e. The van der Waals surface area contributed by atoms with Crippen molar-refractivity contribution in [3.63, 3.8) is 0 Å². The monoisotopic (exact) mass is 253 g/mol. The highest BCUT2D eigenvalue weighted by molar-refractivity contribution is 6.00. The number of fused-ring (bicyclic) bond motifs is 1. The zero-order chi connectivity index (χ0) is 13.3. The van der Waals surface area contributed by atoms with Crippen LogP contribution in [0.25, 0.3) is 17.0 Å². The highest BCUT2D eigenvalue weighted by atomic mass is 19.4. The van der Waals surface area contributed by atoms with Crippen LogP contribution in [0.15, 0.2) is 30.3 Å². The Morgan fingerprint density at radius 1 is 1.28 bits per heavy atom. The maximum Gasteiger partial charge on any atom is 0.454 e. The van der Waals surface area contributed by atoms with Crippen LogP contribution < -0.4 is 0 Å². The minimum atomic E-state index is -4.82. The Hall–Kier alpha value is -2.04. The van der Waals surface area contributed by atoms with Gasteiger partial charge in [-0.1, -0.05) is 18.2 Å². The molecule has 1 aromatic heterocycles. The van der Waals surface area contributed by atoms with E-state index in [1.54, 1.807) is 19.1 Å². The van der Waals surface area contributed by atoms with Gasteiger partial charge in [0.15, 0.2) is 0 Å². The van der Waals surface area contributed by atoms with E-state index in [0.717, 1.165) is 16.6 Å². The summed E-state index contributed by atoms with van der Waals surface area (Å²) in [4.78, 5) is 13.8. The smallest absolute Gasteiger partial charge is 0.358 e. The third kappa shape index (κ3) is 2.30. The molecule has 0 fully saturated rings. The topological polar surface area (TPSA) is 32.9 Å². The Morgan fingerprint density at radius 3 is 2.61 bits per heavy atom. The van der Waals surface area contributed by atoms with Crippen molar-refractivity contribution in [2.24, 2.45) is 0 Å². The molecule has 5 heteroatoms. The predicted molar refractivity (Wildman–Crippen MR) is 63.1 cm³/mol. The van der Waals surface area contributed by atoms with E-state index >= 15 is 0 Å². The normalized spacial score (nSPS) is 12.4. The van der Waals surface area contributed by atoms with E-state index in [1.807, 2.05) is 12.1 Å². The fourth-order valence-corrected chi connectivity index (χ4v) is 1.77. The van der Waals surface area contributed by atoms with Crippen molar-refractivity contribution in [2.75, 3.05) is 0 Å². The Bertz CT molecular complexity index is 623. The number of ketones is 1. The van der Waals surface area contributed by atoms with Crippen LogP contribution in [0.1, 0.15) is 11.3 Å². The molecule has 0 radical (unpaired) electrons. The number of rotatable bonds is 2. The lowest BCUT2D eigenvalue weighted by Crippen LogP contribution is -2.19. The third-order valence-electron chi connectivity index (χ3n) is 2.62. The maximum atomic E-state index is 12.1. The van der Waals surface area contributed by atoms with Crippen LogP contribution in [0.2, 0.25) is 0 Å². The van der Waals surface area contributed by atoms with Crippen molar-refractivity contribution >= 4 is 22.8 Å². The molecule has 0 amide bonds. The van der Waals surface area contributed by atoms with Gasteiger partial charge in [-0.05, 0) is 25.1 Å². The molecule has 1 heterocycles. The summed E-state index contributed by atoms with van der Waals surface area (Å²) in [6, 6.07) is 7.23. The van der Waals surface area contributed by atoms with Crippen molar-refractivity contribution in [2.45, 2.75) is 13.1 Å². The molecule has 2 aromatic rings. The number of aromatic nitrogens is 1. The van der Waals surface area contributed by atoms with E-state index in [9.17, 15) is 18.0 Å². The van der Waals surface area contributed by atoms with Crippen molar-refractivity contribution < 1.29 is 18.0 Å². The number of H-pyrrole nitrogens is 1. The lowest BCUT2D eigenvalue weighted by molar-refractivity contribution is -0.165. The summed E-state index contributed by atoms with van der Waals surface area (Å²) in [7, 11) is 0. The van der Waals surface area contributed by atoms with Gasteiger partial charge in [-0.15, -0.1) is 0 Å². The molecule has 0 saturated carbocycles. The number of halogens is 3. The van der Waals surface area contributed by atoms with Crippen molar-refractivity contribution in [3.05, 3.63) is 41.6 Å². The van der Waals surface area contributed by atoms with Gasteiger partial charge in [0.1, 0.15) is 0 Å². The SMILES string of the molecule is Cc1[nH]c2ccccc2c1C=CC(=O)C(F)(F)F. The van der Waals surface area contributed by atoms with Gasteiger partial charge in [-0.3, -0.25) is 4.79 Å². The number of nitrogens with one attached hydrogen (secondary N) is 1. The zero-order valence-electron chi connectivity index (χ0n) is 9.51. The van der Waals surface area contributed by atoms with Gasteiger partial charge in [0.25, 0.3) is 5.78 Å². The fourth-order valence-electron chi connectivity index (χ4n) is 1.77. The molecular weight excluding hydrogens is 243 g/mol. The average Bonchev–Trinajstić information content (AvgIpc) is 2.60. The van der Waals surface area contributed by atoms with Gasteiger partial charge in [-0.2, -0.15) is 13.2 Å². The number of carbonyl (C=O) groups is 1. The van der Waals surface area contributed by atoms with Gasteiger partial charge in [-0.25, -0.2) is 0 Å². The Labute approximate surface area is 101 Å². The van der Waals surface area contributed by atoms with Crippen molar-refractivity contribution in [1.29, 1.82) is 0 Å². The molecule has 0 aliphatic rings. The van der Waals surface area contributed by atoms with Crippen LogP contribution in [0.5, 0.6) is 0 Å². The van der Waals surface area contributed by atoms with Crippen LogP contribution in [-0.4, -0.2) is 16.9 Å². The van der Waals surface area contributed by atoms with Crippen LogP contribution in [-0.2, 0) is 4.79 Å². The van der Waals surface area contributed by atoms with E-state index in [1.165, 1.54) is 6.08 Å². The number of carbonyl (C=O) groups excluding carboxylic acids is 1. The van der Waals surface area contributed by atoms with Gasteiger partial charge in [0.05, 0.1) is 0 Å². The molecule has 1 N–H and O–H groups in total. The number of aryl methyl sites for hydroxylation is 1. The van der Waals surface area contributed by atoms with Crippen LogP contribution in [0.4, 0.5) is 13.2 Å². The molecule has 0 aliphatic carbocycles. The first-order valence-corrected chi connectivity index (χ1v) is 5.26. The Kier molecular flexibility index (Phi) is 2.98. The summed E-state index contributed by atoms with van der Waals surface area (Å²) in [6.07, 6.45) is -3.07. The summed E-state index contributed by atoms with van der Waals surface area (Å²) in [6.45, 7) is 1.75. The molecule has 0 unspecified atom stereocenters. The first kappa shape index (κ1) is 12.4. The van der Waals surface area contributed by atoms with E-state index in [4.69, 9.17) is 0 Å². The second kappa shape index (κ2) is 4.33. The number of aromatic amines is 1. The number of hydrogen-bond donors (Lipinski definition) is 1. The van der Waals surface area contributed by atoms with Gasteiger partial charge in [0.2, 0.25) is 0 Å². The predicted octanol–water partition coefficient (Wildman–Crippen LogP) is 3.62. The van der Waals surface area contributed by atoms with E-state index in [-0.39, 0.29) is 0 Å². The van der Waals surface area contributed by atoms with Crippen LogP contribution >= 0.6 is 0 Å². The molecule has 0 aliphatic heterocycles. The summed E-state index contributed by atoms with van der Waals surface area (Å²) in [5.41, 5.74) is 2.15. The van der Waals surface area contributed by atoms with Gasteiger partial charge < -0.3 is 4.98 Å². The van der Waals surface area contributed by atoms with E-state index in [0.29, 0.717) is 11.6 Å². The molecule has 18 heavy (non-hydrogen) atoms. The molecular formula is C13H10F3NO. The molecule has 2 rings (SSSR count). The minimum absolute atomic E-state index is 0.558. The highest BCUT2D eigenvalue weighted by Gasteiger charge is 2.36. The first-order chi connectivity index (χ1) is 8.39. The first-order valence-electron chi connectivity index (χ1n) is 5.26. The van der Waals surface area contributed by atoms with Crippen molar-refractivity contribution in [3.8, 4) is 0 Å². The average molecular weight is 253 g/mol. The Balaban J connectivity index is 2.41. The lowest BCUT2D eigenvalue weighted by Gasteiger charge is -1.99.